The Morgan fingerprint density at radius 1 is 0.950 bits per heavy atom. The van der Waals surface area contributed by atoms with E-state index in [0.29, 0.717) is 5.92 Å². The summed E-state index contributed by atoms with van der Waals surface area (Å²) in [5, 5.41) is 8.01. The summed E-state index contributed by atoms with van der Waals surface area (Å²) in [6, 6.07) is 13.3. The van der Waals surface area contributed by atoms with Crippen molar-refractivity contribution in [2.24, 2.45) is 5.92 Å². The van der Waals surface area contributed by atoms with Crippen LogP contribution < -0.4 is 20.4 Å². The Morgan fingerprint density at radius 2 is 1.70 bits per heavy atom. The van der Waals surface area contributed by atoms with E-state index in [1.807, 2.05) is 13.2 Å². The number of hydrogen-bond acceptors (Lipinski definition) is 7. The lowest BCUT2D eigenvalue weighted by molar-refractivity contribution is 0.227. The normalized spacial score (nSPS) is 19.4. The molecule has 2 aromatic carbocycles. The number of piperazine rings is 1. The van der Waals surface area contributed by atoms with E-state index in [9.17, 15) is 0 Å². The maximum absolute atomic E-state index is 5.14. The summed E-state index contributed by atoms with van der Waals surface area (Å²) in [6.07, 6.45) is 12.5. The van der Waals surface area contributed by atoms with Crippen molar-refractivity contribution in [3.63, 3.8) is 0 Å². The molecular formula is C33H47N7. The molecule has 0 amide bonds. The maximum Gasteiger partial charge on any atom is 0.230 e. The van der Waals surface area contributed by atoms with Crippen molar-refractivity contribution >= 4 is 33.9 Å². The highest BCUT2D eigenvalue weighted by Crippen LogP contribution is 2.41. The Balaban J connectivity index is 1.08. The number of nitrogens with zero attached hydrogens (tertiary/aromatic N) is 5. The van der Waals surface area contributed by atoms with E-state index in [1.54, 1.807) is 0 Å². The molecule has 0 radical (unpaired) electrons. The van der Waals surface area contributed by atoms with Crippen LogP contribution in [0, 0.1) is 5.92 Å². The van der Waals surface area contributed by atoms with Crippen LogP contribution in [0.2, 0.25) is 0 Å². The predicted molar refractivity (Wildman–Crippen MR) is 168 cm³/mol. The number of rotatable bonds is 9. The molecule has 1 aromatic heterocycles. The van der Waals surface area contributed by atoms with Crippen molar-refractivity contribution in [2.45, 2.75) is 57.3 Å². The third kappa shape index (κ3) is 6.06. The Labute approximate surface area is 240 Å². The number of piperidine rings is 1. The molecule has 2 saturated heterocycles. The fraction of sp³-hybridized carbons (Fsp3) is 0.576. The SMILES string of the molecule is CNc1ccc2cnc(N(C)c3ccc(N4CCC(CCCN5CCNCC5)CC4)cc3)nc2c1C1CCCC1. The van der Waals surface area contributed by atoms with Crippen molar-refractivity contribution < 1.29 is 0 Å². The molecule has 2 aliphatic heterocycles. The summed E-state index contributed by atoms with van der Waals surface area (Å²) in [7, 11) is 4.10. The lowest BCUT2D eigenvalue weighted by Crippen LogP contribution is -2.43. The van der Waals surface area contributed by atoms with Gasteiger partial charge >= 0.3 is 0 Å². The molecule has 7 nitrogen and oxygen atoms in total. The quantitative estimate of drug-likeness (QED) is 0.345. The molecule has 0 bridgehead atoms. The summed E-state index contributed by atoms with van der Waals surface area (Å²) in [6.45, 7) is 8.35. The summed E-state index contributed by atoms with van der Waals surface area (Å²) < 4.78 is 0. The molecule has 1 saturated carbocycles. The molecule has 3 aromatic rings. The number of benzene rings is 2. The van der Waals surface area contributed by atoms with Crippen LogP contribution in [0.5, 0.6) is 0 Å². The van der Waals surface area contributed by atoms with Gasteiger partial charge in [-0.2, -0.15) is 0 Å². The van der Waals surface area contributed by atoms with E-state index >= 15 is 0 Å². The van der Waals surface area contributed by atoms with Gasteiger partial charge in [0.25, 0.3) is 0 Å². The first kappa shape index (κ1) is 27.3. The molecule has 3 heterocycles. The van der Waals surface area contributed by atoms with E-state index in [2.05, 4.69) is 68.8 Å². The Bertz CT molecular complexity index is 1240. The van der Waals surface area contributed by atoms with Gasteiger partial charge in [-0.05, 0) is 93.3 Å². The highest BCUT2D eigenvalue weighted by molar-refractivity contribution is 5.88. The van der Waals surface area contributed by atoms with Gasteiger partial charge in [0, 0.05) is 87.6 Å². The first-order valence-electron chi connectivity index (χ1n) is 15.7. The highest BCUT2D eigenvalue weighted by atomic mass is 15.2. The van der Waals surface area contributed by atoms with Crippen molar-refractivity contribution in [3.8, 4) is 0 Å². The number of nitrogens with one attached hydrogen (secondary N) is 2. The zero-order valence-corrected chi connectivity index (χ0v) is 24.5. The summed E-state index contributed by atoms with van der Waals surface area (Å²) in [4.78, 5) is 17.2. The number of aromatic nitrogens is 2. The minimum Gasteiger partial charge on any atom is -0.388 e. The third-order valence-electron chi connectivity index (χ3n) is 9.62. The van der Waals surface area contributed by atoms with Crippen LogP contribution in [0.3, 0.4) is 0 Å². The molecular weight excluding hydrogens is 494 g/mol. The lowest BCUT2D eigenvalue weighted by atomic mass is 9.92. The number of fused-ring (bicyclic) bond motifs is 1. The second kappa shape index (κ2) is 12.7. The monoisotopic (exact) mass is 541 g/mol. The Kier molecular flexibility index (Phi) is 8.68. The molecule has 3 aliphatic rings. The van der Waals surface area contributed by atoms with E-state index in [0.717, 1.165) is 41.5 Å². The first-order chi connectivity index (χ1) is 19.7. The maximum atomic E-state index is 5.14. The van der Waals surface area contributed by atoms with Gasteiger partial charge in [-0.15, -0.1) is 0 Å². The zero-order chi connectivity index (χ0) is 27.3. The Morgan fingerprint density at radius 3 is 2.42 bits per heavy atom. The highest BCUT2D eigenvalue weighted by Gasteiger charge is 2.24. The second-order valence-corrected chi connectivity index (χ2v) is 12.1. The molecule has 40 heavy (non-hydrogen) atoms. The molecule has 6 rings (SSSR count). The van der Waals surface area contributed by atoms with Crippen molar-refractivity contribution in [2.75, 3.05) is 75.0 Å². The largest absolute Gasteiger partial charge is 0.388 e. The van der Waals surface area contributed by atoms with Crippen LogP contribution >= 0.6 is 0 Å². The van der Waals surface area contributed by atoms with Gasteiger partial charge in [0.05, 0.1) is 5.52 Å². The average Bonchev–Trinajstić information content (AvgIpc) is 3.55. The summed E-state index contributed by atoms with van der Waals surface area (Å²) in [5.74, 6) is 2.22. The van der Waals surface area contributed by atoms with Gasteiger partial charge in [0.2, 0.25) is 5.95 Å². The van der Waals surface area contributed by atoms with E-state index < -0.39 is 0 Å². The number of anilines is 4. The molecule has 3 fully saturated rings. The smallest absolute Gasteiger partial charge is 0.230 e. The van der Waals surface area contributed by atoms with Crippen LogP contribution in [-0.4, -0.2) is 74.8 Å². The van der Waals surface area contributed by atoms with Crippen LogP contribution in [0.25, 0.3) is 10.9 Å². The van der Waals surface area contributed by atoms with Crippen LogP contribution in [0.4, 0.5) is 23.0 Å². The fourth-order valence-electron chi connectivity index (χ4n) is 7.14. The van der Waals surface area contributed by atoms with Gasteiger partial charge in [0.1, 0.15) is 0 Å². The van der Waals surface area contributed by atoms with Crippen molar-refractivity contribution in [3.05, 3.63) is 48.2 Å². The summed E-state index contributed by atoms with van der Waals surface area (Å²) in [5.41, 5.74) is 6.13. The van der Waals surface area contributed by atoms with Gasteiger partial charge in [-0.1, -0.05) is 12.8 Å². The second-order valence-electron chi connectivity index (χ2n) is 12.1. The van der Waals surface area contributed by atoms with Gasteiger partial charge in [-0.25, -0.2) is 9.97 Å². The van der Waals surface area contributed by atoms with E-state index in [1.165, 1.54) is 101 Å². The van der Waals surface area contributed by atoms with Crippen LogP contribution in [-0.2, 0) is 0 Å². The zero-order valence-electron chi connectivity index (χ0n) is 24.5. The fourth-order valence-corrected chi connectivity index (χ4v) is 7.14. The van der Waals surface area contributed by atoms with Crippen molar-refractivity contribution in [1.82, 2.24) is 20.2 Å². The standard InChI is InChI=1S/C33H47N7/c1-34-30-14-9-27-24-36-33(37-32(27)31(30)26-7-3-4-8-26)38(2)28-10-12-29(13-11-28)40-20-15-25(16-21-40)6-5-19-39-22-17-35-18-23-39/h9-14,24-26,34-35H,3-8,15-23H2,1-2H3. The Hall–Kier alpha value is -2.90. The first-order valence-corrected chi connectivity index (χ1v) is 15.7. The molecule has 0 unspecified atom stereocenters. The molecule has 1 aliphatic carbocycles. The molecule has 7 heteroatoms. The van der Waals surface area contributed by atoms with Gasteiger partial charge < -0.3 is 25.3 Å². The molecule has 214 valence electrons. The summed E-state index contributed by atoms with van der Waals surface area (Å²) >= 11 is 0. The molecule has 0 spiro atoms. The minimum absolute atomic E-state index is 0.579. The minimum atomic E-state index is 0.579. The average molecular weight is 542 g/mol. The topological polar surface area (TPSA) is 59.6 Å². The van der Waals surface area contributed by atoms with Crippen molar-refractivity contribution in [1.29, 1.82) is 0 Å². The van der Waals surface area contributed by atoms with Gasteiger partial charge in [0.15, 0.2) is 0 Å². The van der Waals surface area contributed by atoms with Crippen LogP contribution in [0.1, 0.15) is 62.8 Å². The number of hydrogen-bond donors (Lipinski definition) is 2. The van der Waals surface area contributed by atoms with Crippen LogP contribution in [0.15, 0.2) is 42.6 Å². The third-order valence-corrected chi connectivity index (χ3v) is 9.62. The molecule has 0 atom stereocenters. The predicted octanol–water partition coefficient (Wildman–Crippen LogP) is 6.00. The van der Waals surface area contributed by atoms with Gasteiger partial charge in [-0.3, -0.25) is 0 Å². The van der Waals surface area contributed by atoms with E-state index in [-0.39, 0.29) is 0 Å². The van der Waals surface area contributed by atoms with E-state index in [4.69, 9.17) is 9.97 Å². The molecule has 2 N–H and O–H groups in total. The lowest BCUT2D eigenvalue weighted by Gasteiger charge is -2.34.